The van der Waals surface area contributed by atoms with Crippen LogP contribution in [0.25, 0.3) is 10.9 Å². The maximum atomic E-state index is 13.0. The Kier molecular flexibility index (Phi) is 7.26. The third-order valence-electron chi connectivity index (χ3n) is 5.36. The molecule has 1 saturated heterocycles. The van der Waals surface area contributed by atoms with Gasteiger partial charge in [-0.2, -0.15) is 0 Å². The Hall–Kier alpha value is -2.08. The number of hydrogen-bond donors (Lipinski definition) is 1. The van der Waals surface area contributed by atoms with Gasteiger partial charge >= 0.3 is 0 Å². The molecule has 156 valence electrons. The quantitative estimate of drug-likeness (QED) is 0.483. The number of nitrogens with zero attached hydrogens (tertiary/aromatic N) is 2. The first-order chi connectivity index (χ1) is 14.7. The second kappa shape index (κ2) is 10.3. The SMILES string of the molecule is O=C(NCCCN1CCCCC1)c1cc(Sc2ccc(Cl)cc2)nc2ccccc12. The number of carbonyl (C=O) groups excluding carboxylic acids is 1. The zero-order valence-corrected chi connectivity index (χ0v) is 18.5. The molecule has 1 N–H and O–H groups in total. The van der Waals surface area contributed by atoms with Crippen LogP contribution in [0, 0.1) is 0 Å². The Morgan fingerprint density at radius 2 is 1.83 bits per heavy atom. The molecular weight excluding hydrogens is 414 g/mol. The van der Waals surface area contributed by atoms with Crippen LogP contribution in [0.3, 0.4) is 0 Å². The summed E-state index contributed by atoms with van der Waals surface area (Å²) in [5.41, 5.74) is 1.50. The average molecular weight is 440 g/mol. The molecule has 1 amide bonds. The molecule has 1 aliphatic rings. The van der Waals surface area contributed by atoms with E-state index in [2.05, 4.69) is 10.2 Å². The van der Waals surface area contributed by atoms with E-state index in [0.717, 1.165) is 33.8 Å². The average Bonchev–Trinajstić information content (AvgIpc) is 2.78. The molecule has 1 aliphatic heterocycles. The Labute approximate surface area is 187 Å². The van der Waals surface area contributed by atoms with Gasteiger partial charge < -0.3 is 10.2 Å². The van der Waals surface area contributed by atoms with Gasteiger partial charge in [-0.15, -0.1) is 0 Å². The number of likely N-dealkylation sites (tertiary alicyclic amines) is 1. The highest BCUT2D eigenvalue weighted by molar-refractivity contribution is 7.99. The van der Waals surface area contributed by atoms with Crippen LogP contribution < -0.4 is 5.32 Å². The zero-order chi connectivity index (χ0) is 20.8. The van der Waals surface area contributed by atoms with Crippen LogP contribution in [0.15, 0.2) is 64.5 Å². The van der Waals surface area contributed by atoms with Crippen molar-refractivity contribution in [2.24, 2.45) is 0 Å². The maximum Gasteiger partial charge on any atom is 0.252 e. The number of amides is 1. The largest absolute Gasteiger partial charge is 0.352 e. The molecule has 0 aliphatic carbocycles. The number of nitrogens with one attached hydrogen (secondary N) is 1. The monoisotopic (exact) mass is 439 g/mol. The third-order valence-corrected chi connectivity index (χ3v) is 6.54. The zero-order valence-electron chi connectivity index (χ0n) is 16.9. The number of fused-ring (bicyclic) bond motifs is 1. The van der Waals surface area contributed by atoms with Crippen LogP contribution in [0.2, 0.25) is 5.02 Å². The van der Waals surface area contributed by atoms with Crippen LogP contribution in [0.1, 0.15) is 36.0 Å². The van der Waals surface area contributed by atoms with Crippen LogP contribution in [-0.2, 0) is 0 Å². The molecular formula is C24H26ClN3OS. The van der Waals surface area contributed by atoms with Crippen molar-refractivity contribution in [1.29, 1.82) is 0 Å². The van der Waals surface area contributed by atoms with E-state index in [0.29, 0.717) is 17.1 Å². The van der Waals surface area contributed by atoms with Crippen molar-refractivity contribution < 1.29 is 4.79 Å². The summed E-state index contributed by atoms with van der Waals surface area (Å²) in [5, 5.41) is 5.49. The first-order valence-corrected chi connectivity index (χ1v) is 11.7. The minimum Gasteiger partial charge on any atom is -0.352 e. The number of piperidine rings is 1. The molecule has 6 heteroatoms. The number of para-hydroxylation sites is 1. The summed E-state index contributed by atoms with van der Waals surface area (Å²) in [6.45, 7) is 4.11. The summed E-state index contributed by atoms with van der Waals surface area (Å²) < 4.78 is 0. The van der Waals surface area contributed by atoms with Gasteiger partial charge in [0.25, 0.3) is 5.91 Å². The molecule has 30 heavy (non-hydrogen) atoms. The summed E-state index contributed by atoms with van der Waals surface area (Å²) in [4.78, 5) is 21.3. The number of carbonyl (C=O) groups is 1. The van der Waals surface area contributed by atoms with Crippen molar-refractivity contribution in [3.63, 3.8) is 0 Å². The van der Waals surface area contributed by atoms with Crippen molar-refractivity contribution in [1.82, 2.24) is 15.2 Å². The van der Waals surface area contributed by atoms with Crippen molar-refractivity contribution in [2.75, 3.05) is 26.2 Å². The summed E-state index contributed by atoms with van der Waals surface area (Å²) in [6.07, 6.45) is 4.91. The van der Waals surface area contributed by atoms with E-state index in [1.807, 2.05) is 54.6 Å². The van der Waals surface area contributed by atoms with Crippen LogP contribution >= 0.6 is 23.4 Å². The third kappa shape index (κ3) is 5.54. The minimum absolute atomic E-state index is 0.0369. The van der Waals surface area contributed by atoms with E-state index in [1.165, 1.54) is 44.1 Å². The highest BCUT2D eigenvalue weighted by Crippen LogP contribution is 2.30. The molecule has 0 radical (unpaired) electrons. The minimum atomic E-state index is -0.0369. The van der Waals surface area contributed by atoms with Gasteiger partial charge in [0.1, 0.15) is 5.03 Å². The molecule has 0 spiro atoms. The fraction of sp³-hybridized carbons (Fsp3) is 0.333. The van der Waals surface area contributed by atoms with Crippen LogP contribution in [-0.4, -0.2) is 42.0 Å². The molecule has 2 heterocycles. The van der Waals surface area contributed by atoms with Gasteiger partial charge in [-0.05, 0) is 75.3 Å². The lowest BCUT2D eigenvalue weighted by atomic mass is 10.1. The van der Waals surface area contributed by atoms with Gasteiger partial charge in [0.15, 0.2) is 0 Å². The number of pyridine rings is 1. The van der Waals surface area contributed by atoms with Crippen molar-refractivity contribution in [2.45, 2.75) is 35.6 Å². The predicted octanol–water partition coefficient (Wildman–Crippen LogP) is 5.65. The molecule has 0 bridgehead atoms. The molecule has 0 atom stereocenters. The van der Waals surface area contributed by atoms with Crippen molar-refractivity contribution in [3.8, 4) is 0 Å². The molecule has 4 nitrogen and oxygen atoms in total. The topological polar surface area (TPSA) is 45.2 Å². The molecule has 0 unspecified atom stereocenters. The van der Waals surface area contributed by atoms with Gasteiger partial charge in [0.2, 0.25) is 0 Å². The second-order valence-electron chi connectivity index (χ2n) is 7.59. The summed E-state index contributed by atoms with van der Waals surface area (Å²) in [7, 11) is 0. The van der Waals surface area contributed by atoms with E-state index >= 15 is 0 Å². The van der Waals surface area contributed by atoms with Gasteiger partial charge in [0, 0.05) is 21.8 Å². The first-order valence-electron chi connectivity index (χ1n) is 10.5. The van der Waals surface area contributed by atoms with E-state index in [1.54, 1.807) is 0 Å². The summed E-state index contributed by atoms with van der Waals surface area (Å²) >= 11 is 7.52. The molecule has 1 fully saturated rings. The Morgan fingerprint density at radius 1 is 1.07 bits per heavy atom. The summed E-state index contributed by atoms with van der Waals surface area (Å²) in [6, 6.07) is 17.4. The van der Waals surface area contributed by atoms with Crippen LogP contribution in [0.4, 0.5) is 0 Å². The Balaban J connectivity index is 1.45. The highest BCUT2D eigenvalue weighted by atomic mass is 35.5. The van der Waals surface area contributed by atoms with E-state index in [-0.39, 0.29) is 5.91 Å². The fourth-order valence-corrected chi connectivity index (χ4v) is 4.76. The van der Waals surface area contributed by atoms with Gasteiger partial charge in [-0.25, -0.2) is 4.98 Å². The Bertz CT molecular complexity index is 1000. The van der Waals surface area contributed by atoms with E-state index < -0.39 is 0 Å². The van der Waals surface area contributed by atoms with Gasteiger partial charge in [-0.1, -0.05) is 48.0 Å². The molecule has 3 aromatic rings. The number of aromatic nitrogens is 1. The lowest BCUT2D eigenvalue weighted by Gasteiger charge is -2.26. The predicted molar refractivity (Wildman–Crippen MR) is 125 cm³/mol. The van der Waals surface area contributed by atoms with Gasteiger partial charge in [-0.3, -0.25) is 4.79 Å². The molecule has 1 aromatic heterocycles. The van der Waals surface area contributed by atoms with E-state index in [9.17, 15) is 4.79 Å². The molecule has 4 rings (SSSR count). The second-order valence-corrected chi connectivity index (χ2v) is 9.12. The fourth-order valence-electron chi connectivity index (χ4n) is 3.80. The maximum absolute atomic E-state index is 13.0. The highest BCUT2D eigenvalue weighted by Gasteiger charge is 2.14. The molecule has 2 aromatic carbocycles. The number of halogens is 1. The number of rotatable bonds is 7. The lowest BCUT2D eigenvalue weighted by Crippen LogP contribution is -2.33. The Morgan fingerprint density at radius 3 is 2.63 bits per heavy atom. The smallest absolute Gasteiger partial charge is 0.252 e. The standard InChI is InChI=1S/C24H26ClN3OS/c25-18-9-11-19(12-10-18)30-23-17-21(20-7-2-3-8-22(20)27-23)24(29)26-13-6-16-28-14-4-1-5-15-28/h2-3,7-12,17H,1,4-6,13-16H2,(H,26,29). The number of hydrogen-bond acceptors (Lipinski definition) is 4. The van der Waals surface area contributed by atoms with Crippen molar-refractivity contribution >= 4 is 40.2 Å². The summed E-state index contributed by atoms with van der Waals surface area (Å²) in [5.74, 6) is -0.0369. The normalized spacial score (nSPS) is 14.7. The molecule has 0 saturated carbocycles. The number of benzene rings is 2. The first kappa shape index (κ1) is 21.2. The van der Waals surface area contributed by atoms with Gasteiger partial charge in [0.05, 0.1) is 11.1 Å². The van der Waals surface area contributed by atoms with Crippen molar-refractivity contribution in [3.05, 3.63) is 65.2 Å². The van der Waals surface area contributed by atoms with E-state index in [4.69, 9.17) is 16.6 Å². The lowest BCUT2D eigenvalue weighted by molar-refractivity contribution is 0.0952. The van der Waals surface area contributed by atoms with Crippen LogP contribution in [0.5, 0.6) is 0 Å².